The molecule has 1 unspecified atom stereocenters. The van der Waals surface area contributed by atoms with Crippen LogP contribution in [0.2, 0.25) is 0 Å². The summed E-state index contributed by atoms with van der Waals surface area (Å²) in [6.45, 7) is 1.93. The third-order valence-corrected chi connectivity index (χ3v) is 4.07. The number of anilines is 1. The van der Waals surface area contributed by atoms with Gasteiger partial charge in [0.15, 0.2) is 0 Å². The first-order chi connectivity index (χ1) is 11.2. The topological polar surface area (TPSA) is 80.7 Å². The highest BCUT2D eigenvalue weighted by atomic mass is 16.5. The van der Waals surface area contributed by atoms with Gasteiger partial charge in [0.1, 0.15) is 17.8 Å². The third-order valence-electron chi connectivity index (χ3n) is 4.07. The first kappa shape index (κ1) is 15.4. The van der Waals surface area contributed by atoms with Gasteiger partial charge < -0.3 is 25.1 Å². The van der Waals surface area contributed by atoms with Gasteiger partial charge in [-0.05, 0) is 24.6 Å². The van der Waals surface area contributed by atoms with E-state index in [0.717, 1.165) is 30.9 Å². The molecular weight excluding hydrogens is 294 g/mol. The van der Waals surface area contributed by atoms with Gasteiger partial charge in [-0.2, -0.15) is 0 Å². The van der Waals surface area contributed by atoms with Crippen molar-refractivity contribution in [3.05, 3.63) is 47.9 Å². The zero-order valence-corrected chi connectivity index (χ0v) is 13.1. The predicted octanol–water partition coefficient (Wildman–Crippen LogP) is 1.76. The Labute approximate surface area is 135 Å². The Morgan fingerprint density at radius 2 is 2.30 bits per heavy atom. The van der Waals surface area contributed by atoms with E-state index in [1.54, 1.807) is 13.2 Å². The van der Waals surface area contributed by atoms with Gasteiger partial charge in [-0.15, -0.1) is 0 Å². The largest absolute Gasteiger partial charge is 0.495 e. The van der Waals surface area contributed by atoms with E-state index in [4.69, 9.17) is 14.9 Å². The van der Waals surface area contributed by atoms with Gasteiger partial charge in [0.05, 0.1) is 24.9 Å². The average Bonchev–Trinajstić information content (AvgIpc) is 3.24. The number of hydrogen-bond donors (Lipinski definition) is 2. The molecule has 122 valence electrons. The Morgan fingerprint density at radius 1 is 1.48 bits per heavy atom. The number of ether oxygens (including phenoxy) is 1. The number of methoxy groups -OCH3 is 1. The van der Waals surface area contributed by atoms with Crippen molar-refractivity contribution >= 4 is 11.6 Å². The van der Waals surface area contributed by atoms with E-state index in [1.165, 1.54) is 6.26 Å². The molecule has 1 aliphatic rings. The summed E-state index contributed by atoms with van der Waals surface area (Å²) in [7, 11) is 1.67. The van der Waals surface area contributed by atoms with Crippen molar-refractivity contribution in [2.75, 3.05) is 25.1 Å². The van der Waals surface area contributed by atoms with Crippen molar-refractivity contribution in [2.45, 2.75) is 19.0 Å². The lowest BCUT2D eigenvalue weighted by molar-refractivity contribution is 0.0940. The molecule has 0 radical (unpaired) electrons. The van der Waals surface area contributed by atoms with Crippen LogP contribution in [0.15, 0.2) is 41.0 Å². The van der Waals surface area contributed by atoms with E-state index < -0.39 is 0 Å². The summed E-state index contributed by atoms with van der Waals surface area (Å²) in [5.74, 6) is 1.33. The molecule has 1 aliphatic heterocycles. The van der Waals surface area contributed by atoms with Crippen LogP contribution in [0, 0.1) is 0 Å². The minimum atomic E-state index is -0.125. The highest BCUT2D eigenvalue weighted by Crippen LogP contribution is 2.30. The Morgan fingerprint density at radius 3 is 3.04 bits per heavy atom. The zero-order chi connectivity index (χ0) is 16.2. The molecule has 0 aliphatic carbocycles. The van der Waals surface area contributed by atoms with Gasteiger partial charge in [0.2, 0.25) is 0 Å². The van der Waals surface area contributed by atoms with Crippen LogP contribution in [-0.2, 0) is 6.54 Å². The Kier molecular flexibility index (Phi) is 4.52. The number of rotatable bonds is 5. The van der Waals surface area contributed by atoms with Crippen LogP contribution in [0.5, 0.6) is 5.75 Å². The van der Waals surface area contributed by atoms with Crippen molar-refractivity contribution < 1.29 is 13.9 Å². The van der Waals surface area contributed by atoms with Crippen LogP contribution < -0.4 is 20.7 Å². The second kappa shape index (κ2) is 6.75. The highest BCUT2D eigenvalue weighted by Gasteiger charge is 2.26. The molecule has 1 saturated heterocycles. The predicted molar refractivity (Wildman–Crippen MR) is 87.7 cm³/mol. The van der Waals surface area contributed by atoms with Crippen LogP contribution in [-0.4, -0.2) is 32.1 Å². The number of hydrogen-bond acceptors (Lipinski definition) is 5. The molecule has 2 heterocycles. The molecule has 6 nitrogen and oxygen atoms in total. The molecule has 1 amide bonds. The maximum atomic E-state index is 12.2. The third kappa shape index (κ3) is 3.32. The van der Waals surface area contributed by atoms with E-state index in [0.29, 0.717) is 11.3 Å². The van der Waals surface area contributed by atoms with Crippen LogP contribution in [0.1, 0.15) is 22.5 Å². The molecule has 2 aromatic rings. The summed E-state index contributed by atoms with van der Waals surface area (Å²) in [6, 6.07) is 9.70. The fourth-order valence-electron chi connectivity index (χ4n) is 2.86. The molecule has 0 bridgehead atoms. The molecule has 0 spiro atoms. The van der Waals surface area contributed by atoms with Crippen LogP contribution in [0.4, 0.5) is 5.69 Å². The molecular formula is C17H21N3O3. The van der Waals surface area contributed by atoms with Gasteiger partial charge in [0.25, 0.3) is 5.91 Å². The number of carbonyl (C=O) groups excluding carboxylic acids is 1. The number of amides is 1. The van der Waals surface area contributed by atoms with Crippen molar-refractivity contribution in [2.24, 2.45) is 5.73 Å². The molecule has 6 heteroatoms. The standard InChI is InChI=1S/C17H21N3O3/c1-22-16-5-3-2-4-15(16)20-7-6-13(10-20)19-17(21)12-8-14(9-18)23-11-12/h2-5,8,11,13H,6-7,9-10,18H2,1H3,(H,19,21). The van der Waals surface area contributed by atoms with Crippen molar-refractivity contribution in [1.82, 2.24) is 5.32 Å². The van der Waals surface area contributed by atoms with E-state index in [1.807, 2.05) is 24.3 Å². The van der Waals surface area contributed by atoms with Crippen molar-refractivity contribution in [3.63, 3.8) is 0 Å². The molecule has 1 aromatic carbocycles. The monoisotopic (exact) mass is 315 g/mol. The summed E-state index contributed by atoms with van der Waals surface area (Å²) in [5.41, 5.74) is 7.06. The van der Waals surface area contributed by atoms with Gasteiger partial charge >= 0.3 is 0 Å². The quantitative estimate of drug-likeness (QED) is 0.878. The maximum absolute atomic E-state index is 12.2. The molecule has 3 N–H and O–H groups in total. The molecule has 0 saturated carbocycles. The number of furan rings is 1. The Bertz CT molecular complexity index is 683. The van der Waals surface area contributed by atoms with E-state index in [-0.39, 0.29) is 18.5 Å². The lowest BCUT2D eigenvalue weighted by Crippen LogP contribution is -2.37. The van der Waals surface area contributed by atoms with Crippen molar-refractivity contribution in [1.29, 1.82) is 0 Å². The van der Waals surface area contributed by atoms with E-state index in [2.05, 4.69) is 10.2 Å². The Hall–Kier alpha value is -2.47. The molecule has 1 fully saturated rings. The smallest absolute Gasteiger partial charge is 0.254 e. The number of nitrogens with one attached hydrogen (secondary N) is 1. The van der Waals surface area contributed by atoms with E-state index >= 15 is 0 Å². The first-order valence-corrected chi connectivity index (χ1v) is 7.67. The second-order valence-electron chi connectivity index (χ2n) is 5.58. The van der Waals surface area contributed by atoms with Gasteiger partial charge in [-0.25, -0.2) is 0 Å². The summed E-state index contributed by atoms with van der Waals surface area (Å²) in [6.07, 6.45) is 2.34. The van der Waals surface area contributed by atoms with Gasteiger partial charge in [0, 0.05) is 19.1 Å². The lowest BCUT2D eigenvalue weighted by Gasteiger charge is -2.21. The maximum Gasteiger partial charge on any atom is 0.254 e. The summed E-state index contributed by atoms with van der Waals surface area (Å²) < 4.78 is 10.6. The molecule has 23 heavy (non-hydrogen) atoms. The van der Waals surface area contributed by atoms with Crippen LogP contribution >= 0.6 is 0 Å². The summed E-state index contributed by atoms with van der Waals surface area (Å²) in [5, 5.41) is 3.05. The molecule has 1 aromatic heterocycles. The van der Waals surface area contributed by atoms with Crippen LogP contribution in [0.25, 0.3) is 0 Å². The van der Waals surface area contributed by atoms with Crippen LogP contribution in [0.3, 0.4) is 0 Å². The fourth-order valence-corrected chi connectivity index (χ4v) is 2.86. The lowest BCUT2D eigenvalue weighted by atomic mass is 10.2. The van der Waals surface area contributed by atoms with Gasteiger partial charge in [-0.3, -0.25) is 4.79 Å². The normalized spacial score (nSPS) is 17.3. The number of para-hydroxylation sites is 2. The highest BCUT2D eigenvalue weighted by molar-refractivity contribution is 5.94. The van der Waals surface area contributed by atoms with Crippen molar-refractivity contribution in [3.8, 4) is 5.75 Å². The number of benzene rings is 1. The molecule has 3 rings (SSSR count). The minimum Gasteiger partial charge on any atom is -0.495 e. The van der Waals surface area contributed by atoms with Gasteiger partial charge in [-0.1, -0.05) is 12.1 Å². The SMILES string of the molecule is COc1ccccc1N1CCC(NC(=O)c2coc(CN)c2)C1. The summed E-state index contributed by atoms with van der Waals surface area (Å²) >= 11 is 0. The molecule has 1 atom stereocenters. The summed E-state index contributed by atoms with van der Waals surface area (Å²) in [4.78, 5) is 14.5. The van der Waals surface area contributed by atoms with E-state index in [9.17, 15) is 4.79 Å². The second-order valence-corrected chi connectivity index (χ2v) is 5.58. The fraction of sp³-hybridized carbons (Fsp3) is 0.353. The zero-order valence-electron chi connectivity index (χ0n) is 13.1. The first-order valence-electron chi connectivity index (χ1n) is 7.67. The Balaban J connectivity index is 1.62. The number of nitrogens with two attached hydrogens (primary N) is 1. The minimum absolute atomic E-state index is 0.101. The average molecular weight is 315 g/mol. The number of carbonyl (C=O) groups is 1. The number of nitrogens with zero attached hydrogens (tertiary/aromatic N) is 1.